The normalized spacial score (nSPS) is 15.1. The third kappa shape index (κ3) is 8.92. The van der Waals surface area contributed by atoms with E-state index in [2.05, 4.69) is 5.32 Å². The molecule has 0 aromatic heterocycles. The zero-order valence-corrected chi connectivity index (χ0v) is 23.5. The van der Waals surface area contributed by atoms with Crippen LogP contribution in [-0.2, 0) is 4.79 Å². The average Bonchev–Trinajstić information content (AvgIpc) is 3.69. The first kappa shape index (κ1) is 31.9. The molecule has 1 unspecified atom stereocenters. The van der Waals surface area contributed by atoms with Gasteiger partial charge in [0.15, 0.2) is 5.78 Å². The van der Waals surface area contributed by atoms with E-state index < -0.39 is 5.92 Å². The Balaban J connectivity index is 0.000000955. The summed E-state index contributed by atoms with van der Waals surface area (Å²) in [5, 5.41) is 3.63. The van der Waals surface area contributed by atoms with Crippen molar-refractivity contribution in [2.45, 2.75) is 86.5 Å². The van der Waals surface area contributed by atoms with Crippen LogP contribution in [-0.4, -0.2) is 11.7 Å². The third-order valence-electron chi connectivity index (χ3n) is 5.06. The predicted molar refractivity (Wildman–Crippen MR) is 150 cm³/mol. The van der Waals surface area contributed by atoms with Crippen molar-refractivity contribution in [3.05, 3.63) is 75.3 Å². The standard InChI is InChI=1S/C19H15Cl2NO2.C4H8.3C2H6/c20-14-7-8-15(21)18-17(14)13(19(24)22-18)9-16(23)12-5-3-11(4-6-12)10-1-2-10;1-3-4-2;3*1-2/h3-8,10,13H,1-2,9H2,(H,22,24);3-4H,1-2H3;3*1-2H3/b;4-3-;;;. The molecule has 1 heterocycles. The number of amides is 1. The van der Waals surface area contributed by atoms with Crippen LogP contribution in [0.5, 0.6) is 0 Å². The highest BCUT2D eigenvalue weighted by molar-refractivity contribution is 6.38. The van der Waals surface area contributed by atoms with E-state index in [1.165, 1.54) is 18.4 Å². The Bertz CT molecular complexity index is 912. The van der Waals surface area contributed by atoms with E-state index in [4.69, 9.17) is 23.2 Å². The topological polar surface area (TPSA) is 46.2 Å². The molecule has 1 fully saturated rings. The maximum Gasteiger partial charge on any atom is 0.232 e. The highest BCUT2D eigenvalue weighted by Gasteiger charge is 2.35. The van der Waals surface area contributed by atoms with Crippen molar-refractivity contribution in [2.24, 2.45) is 0 Å². The maximum absolute atomic E-state index is 12.6. The predicted octanol–water partition coefficient (Wildman–Crippen LogP) is 9.84. The third-order valence-corrected chi connectivity index (χ3v) is 5.70. The molecule has 1 aliphatic carbocycles. The van der Waals surface area contributed by atoms with Crippen LogP contribution in [0, 0.1) is 0 Å². The Kier molecular flexibility index (Phi) is 16.3. The summed E-state index contributed by atoms with van der Waals surface area (Å²) in [6.07, 6.45) is 6.54. The lowest BCUT2D eigenvalue weighted by Crippen LogP contribution is -2.16. The largest absolute Gasteiger partial charge is 0.324 e. The van der Waals surface area contributed by atoms with Crippen LogP contribution < -0.4 is 5.32 Å². The van der Waals surface area contributed by atoms with E-state index in [0.29, 0.717) is 32.8 Å². The minimum Gasteiger partial charge on any atom is -0.324 e. The lowest BCUT2D eigenvalue weighted by atomic mass is 9.92. The van der Waals surface area contributed by atoms with Crippen molar-refractivity contribution in [3.8, 4) is 0 Å². The number of hydrogen-bond donors (Lipinski definition) is 1. The summed E-state index contributed by atoms with van der Waals surface area (Å²) in [5.41, 5.74) is 3.05. The van der Waals surface area contributed by atoms with Crippen molar-refractivity contribution >= 4 is 40.6 Å². The first-order valence-electron chi connectivity index (χ1n) is 12.5. The number of rotatable bonds is 4. The van der Waals surface area contributed by atoms with Crippen molar-refractivity contribution in [3.63, 3.8) is 0 Å². The molecule has 3 nitrogen and oxygen atoms in total. The van der Waals surface area contributed by atoms with Gasteiger partial charge in [0, 0.05) is 22.6 Å². The van der Waals surface area contributed by atoms with E-state index in [0.717, 1.165) is 0 Å². The zero-order valence-electron chi connectivity index (χ0n) is 22.0. The van der Waals surface area contributed by atoms with Crippen LogP contribution in [0.15, 0.2) is 48.6 Å². The number of benzene rings is 2. The average molecular weight is 507 g/mol. The number of anilines is 1. The van der Waals surface area contributed by atoms with Crippen LogP contribution in [0.25, 0.3) is 0 Å². The second-order valence-electron chi connectivity index (χ2n) is 7.05. The fraction of sp³-hybridized carbons (Fsp3) is 0.448. The molecule has 2 aromatic carbocycles. The minimum absolute atomic E-state index is 0.0682. The van der Waals surface area contributed by atoms with Gasteiger partial charge in [-0.15, -0.1) is 0 Å². The number of carbonyl (C=O) groups excluding carboxylic acids is 2. The number of halogens is 2. The Hall–Kier alpha value is -2.10. The number of allylic oxidation sites excluding steroid dienone is 2. The first-order valence-corrected chi connectivity index (χ1v) is 13.2. The van der Waals surface area contributed by atoms with Crippen molar-refractivity contribution in [2.75, 3.05) is 5.32 Å². The number of carbonyl (C=O) groups is 2. The van der Waals surface area contributed by atoms with E-state index in [1.807, 2.05) is 91.8 Å². The van der Waals surface area contributed by atoms with Gasteiger partial charge in [-0.1, -0.05) is 101 Å². The molecule has 188 valence electrons. The van der Waals surface area contributed by atoms with E-state index in [9.17, 15) is 9.59 Å². The molecule has 0 radical (unpaired) electrons. The second-order valence-corrected chi connectivity index (χ2v) is 7.86. The lowest BCUT2D eigenvalue weighted by molar-refractivity contribution is -0.117. The van der Waals surface area contributed by atoms with Gasteiger partial charge < -0.3 is 5.32 Å². The molecule has 1 atom stereocenters. The molecule has 0 saturated heterocycles. The Morgan fingerprint density at radius 3 is 1.85 bits per heavy atom. The molecule has 1 aliphatic heterocycles. The summed E-state index contributed by atoms with van der Waals surface area (Å²) in [7, 11) is 0. The van der Waals surface area contributed by atoms with Crippen molar-refractivity contribution < 1.29 is 9.59 Å². The quantitative estimate of drug-likeness (QED) is 0.331. The van der Waals surface area contributed by atoms with Gasteiger partial charge in [-0.05, 0) is 50.3 Å². The Morgan fingerprint density at radius 1 is 0.882 bits per heavy atom. The van der Waals surface area contributed by atoms with Crippen LogP contribution in [0.3, 0.4) is 0 Å². The number of nitrogens with one attached hydrogen (secondary N) is 1. The van der Waals surface area contributed by atoms with E-state index >= 15 is 0 Å². The monoisotopic (exact) mass is 505 g/mol. The smallest absolute Gasteiger partial charge is 0.232 e. The van der Waals surface area contributed by atoms with E-state index in [1.54, 1.807) is 12.1 Å². The summed E-state index contributed by atoms with van der Waals surface area (Å²) in [4.78, 5) is 24.9. The van der Waals surface area contributed by atoms with Crippen molar-refractivity contribution in [1.29, 1.82) is 0 Å². The highest BCUT2D eigenvalue weighted by Crippen LogP contribution is 2.44. The molecule has 1 amide bonds. The minimum atomic E-state index is -0.596. The summed E-state index contributed by atoms with van der Waals surface area (Å²) in [5.74, 6) is -0.242. The lowest BCUT2D eigenvalue weighted by Gasteiger charge is -2.10. The second kappa shape index (κ2) is 17.4. The summed E-state index contributed by atoms with van der Waals surface area (Å²) >= 11 is 12.4. The summed E-state index contributed by atoms with van der Waals surface area (Å²) in [6, 6.07) is 11.0. The molecular formula is C29H41Cl2NO2. The molecule has 5 heteroatoms. The first-order chi connectivity index (χ1) is 16.5. The van der Waals surface area contributed by atoms with Gasteiger partial charge >= 0.3 is 0 Å². The number of ketones is 1. The fourth-order valence-corrected chi connectivity index (χ4v) is 3.73. The molecule has 34 heavy (non-hydrogen) atoms. The van der Waals surface area contributed by atoms with Gasteiger partial charge in [0.2, 0.25) is 5.91 Å². The highest BCUT2D eigenvalue weighted by atomic mass is 35.5. The van der Waals surface area contributed by atoms with Gasteiger partial charge in [-0.2, -0.15) is 0 Å². The fourth-order valence-electron chi connectivity index (χ4n) is 3.23. The van der Waals surface area contributed by atoms with Crippen molar-refractivity contribution in [1.82, 2.24) is 0 Å². The van der Waals surface area contributed by atoms with Gasteiger partial charge in [0.25, 0.3) is 0 Å². The number of Topliss-reactive ketones (excluding diaryl/α,β-unsaturated/α-hetero) is 1. The molecule has 0 spiro atoms. The number of hydrogen-bond acceptors (Lipinski definition) is 2. The molecular weight excluding hydrogens is 465 g/mol. The molecule has 0 bridgehead atoms. The molecule has 1 saturated carbocycles. The van der Waals surface area contributed by atoms with E-state index in [-0.39, 0.29) is 18.1 Å². The van der Waals surface area contributed by atoms with Crippen LogP contribution in [0.4, 0.5) is 5.69 Å². The SMILES string of the molecule is C/C=C\C.CC.CC.CC.O=C(CC1C(=O)Nc2c(Cl)ccc(Cl)c21)c1ccc(C2CC2)cc1. The molecule has 2 aromatic rings. The maximum atomic E-state index is 12.6. The van der Waals surface area contributed by atoms with Crippen LogP contribution in [0.1, 0.15) is 108 Å². The Labute approximate surface area is 216 Å². The summed E-state index contributed by atoms with van der Waals surface area (Å²) in [6.45, 7) is 16.0. The molecule has 4 rings (SSSR count). The van der Waals surface area contributed by atoms with Gasteiger partial charge in [-0.3, -0.25) is 9.59 Å². The van der Waals surface area contributed by atoms with Crippen LogP contribution >= 0.6 is 23.2 Å². The molecule has 2 aliphatic rings. The Morgan fingerprint density at radius 2 is 1.38 bits per heavy atom. The molecule has 1 N–H and O–H groups in total. The summed E-state index contributed by atoms with van der Waals surface area (Å²) < 4.78 is 0. The van der Waals surface area contributed by atoms with Gasteiger partial charge in [-0.25, -0.2) is 0 Å². The van der Waals surface area contributed by atoms with Crippen LogP contribution in [0.2, 0.25) is 10.0 Å². The number of fused-ring (bicyclic) bond motifs is 1. The zero-order chi connectivity index (χ0) is 26.3. The van der Waals surface area contributed by atoms with Gasteiger partial charge in [0.1, 0.15) is 0 Å². The van der Waals surface area contributed by atoms with Gasteiger partial charge in [0.05, 0.1) is 16.6 Å².